The van der Waals surface area contributed by atoms with Gasteiger partial charge in [0.15, 0.2) is 0 Å². The van der Waals surface area contributed by atoms with Crippen molar-refractivity contribution in [2.24, 2.45) is 17.4 Å². The molecule has 1 aromatic rings. The van der Waals surface area contributed by atoms with E-state index in [-0.39, 0.29) is 51.0 Å². The molecule has 19 heteroatoms. The van der Waals surface area contributed by atoms with E-state index in [9.17, 15) is 48.9 Å². The molecule has 0 aliphatic rings. The molecule has 0 spiro atoms. The average molecular weight is 794 g/mol. The van der Waals surface area contributed by atoms with E-state index in [1.54, 1.807) is 26.0 Å². The molecule has 0 fully saturated rings. The van der Waals surface area contributed by atoms with Crippen molar-refractivity contribution in [3.63, 3.8) is 0 Å². The van der Waals surface area contributed by atoms with Gasteiger partial charge in [-0.15, -0.1) is 0 Å². The molecule has 0 unspecified atom stereocenters. The number of aromatic hydroxyl groups is 1. The molecule has 5 atom stereocenters. The Morgan fingerprint density at radius 1 is 0.740 bits per heavy atom. The summed E-state index contributed by atoms with van der Waals surface area (Å²) in [5.41, 5.74) is 12.0. The van der Waals surface area contributed by atoms with Crippen LogP contribution in [0.2, 0.25) is 0 Å². The van der Waals surface area contributed by atoms with Crippen molar-refractivity contribution in [1.29, 1.82) is 0 Å². The third kappa shape index (κ3) is 18.0. The summed E-state index contributed by atoms with van der Waals surface area (Å²) < 4.78 is 0. The number of unbranched alkanes of at least 4 members (excludes halogenated alkanes) is 1. The fraction of sp³-hybridized carbons (Fsp3) is 0.581. The molecule has 0 bridgehead atoms. The Balaban J connectivity index is 0.0000240. The summed E-state index contributed by atoms with van der Waals surface area (Å²) in [5, 5.41) is 42.6. The van der Waals surface area contributed by atoms with Crippen LogP contribution in [-0.4, -0.2) is 113 Å². The Morgan fingerprint density at radius 2 is 1.32 bits per heavy atom. The van der Waals surface area contributed by atoms with Gasteiger partial charge in [0.2, 0.25) is 35.4 Å². The molecule has 1 rings (SSSR count). The predicted octanol–water partition coefficient (Wildman–Crippen LogP) is -3.30. The molecule has 0 aliphatic carbocycles. The Kier molecular flexibility index (Phi) is 22.1. The molecule has 18 nitrogen and oxygen atoms in total. The minimum atomic E-state index is -1.50. The Bertz CT molecular complexity index is 1280. The summed E-state index contributed by atoms with van der Waals surface area (Å²) in [6.07, 6.45) is 1.47. The zero-order valence-corrected chi connectivity index (χ0v) is 30.2. The number of phenolic OH excluding ortho intramolecular Hbond substituents is 1. The summed E-state index contributed by atoms with van der Waals surface area (Å²) >= 11 is 0. The first-order chi connectivity index (χ1) is 23.1. The van der Waals surface area contributed by atoms with E-state index < -0.39 is 91.3 Å². The molecule has 0 saturated heterocycles. The summed E-state index contributed by atoms with van der Waals surface area (Å²) in [6.45, 7) is 3.33. The number of carboxylic acids is 1. The van der Waals surface area contributed by atoms with Crippen molar-refractivity contribution in [3.05, 3.63) is 29.8 Å². The fourth-order valence-electron chi connectivity index (χ4n) is 4.36. The molecule has 50 heavy (non-hydrogen) atoms. The van der Waals surface area contributed by atoms with Crippen LogP contribution in [0.4, 0.5) is 0 Å². The molecule has 0 saturated carbocycles. The number of carbonyl (C=O) groups is 7. The standard InChI is InChI=1S/C31H50N8O10.Tc/c1-17(2)12-23(29(46)36-18(3)27(44)38-22(31(48)49)6-4-5-11-32)39-30(47)24(16-40)37-26(43)15-34-25(42)14-35-28(45)21(33)13-19-7-9-20(41)10-8-19;/h7-10,17-18,21-24,40-41H,4-6,11-16,32-33H2,1-3H3,(H,34,42)(H,35,45)(H,36,46)(H,37,43)(H,38,44)(H,39,47)(H,48,49);/t18-,21-,22-,23-,24-;/m0./s1/i;1+1. The molecule has 1 aromatic carbocycles. The maximum atomic E-state index is 13.0. The van der Waals surface area contributed by atoms with E-state index >= 15 is 0 Å². The number of nitrogens with two attached hydrogens (primary N) is 2. The van der Waals surface area contributed by atoms with Crippen molar-refractivity contribution in [3.8, 4) is 5.75 Å². The third-order valence-electron chi connectivity index (χ3n) is 7.09. The monoisotopic (exact) mass is 793 g/mol. The Labute approximate surface area is 304 Å². The van der Waals surface area contributed by atoms with Gasteiger partial charge in [0.25, 0.3) is 0 Å². The van der Waals surface area contributed by atoms with Crippen LogP contribution in [0.3, 0.4) is 0 Å². The van der Waals surface area contributed by atoms with Crippen LogP contribution in [0.15, 0.2) is 24.3 Å². The zero-order valence-electron chi connectivity index (χ0n) is 28.4. The Morgan fingerprint density at radius 3 is 1.88 bits per heavy atom. The maximum absolute atomic E-state index is 13.0. The first-order valence-electron chi connectivity index (χ1n) is 15.9. The summed E-state index contributed by atoms with van der Waals surface area (Å²) in [7, 11) is 0. The van der Waals surface area contributed by atoms with Gasteiger partial charge in [0, 0.05) is 20.1 Å². The summed E-state index contributed by atoms with van der Waals surface area (Å²) in [6, 6.07) is 0.0862. The van der Waals surface area contributed by atoms with Gasteiger partial charge in [-0.25, -0.2) is 4.79 Å². The van der Waals surface area contributed by atoms with Crippen molar-refractivity contribution in [1.82, 2.24) is 31.9 Å². The van der Waals surface area contributed by atoms with Crippen LogP contribution in [0.1, 0.15) is 52.0 Å². The van der Waals surface area contributed by atoms with Crippen LogP contribution < -0.4 is 43.4 Å². The van der Waals surface area contributed by atoms with Gasteiger partial charge < -0.3 is 58.7 Å². The number of nitrogens with one attached hydrogen (secondary N) is 6. The van der Waals surface area contributed by atoms with Crippen LogP contribution in [0, 0.1) is 5.92 Å². The molecule has 6 amide bonds. The van der Waals surface area contributed by atoms with Crippen LogP contribution in [0.5, 0.6) is 5.75 Å². The fourth-order valence-corrected chi connectivity index (χ4v) is 4.36. The van der Waals surface area contributed by atoms with Gasteiger partial charge in [-0.1, -0.05) is 26.0 Å². The number of carboxylic acid groups (broad SMARTS) is 1. The Hall–Kier alpha value is -4.16. The van der Waals surface area contributed by atoms with Gasteiger partial charge >= 0.3 is 5.97 Å². The number of aliphatic hydroxyl groups is 1. The van der Waals surface area contributed by atoms with E-state index in [2.05, 4.69) is 31.9 Å². The maximum Gasteiger partial charge on any atom is 0.326 e. The zero-order chi connectivity index (χ0) is 37.1. The number of aliphatic carboxylic acids is 1. The number of carbonyl (C=O) groups excluding carboxylic acids is 6. The molecule has 0 aliphatic heterocycles. The molecule has 13 N–H and O–H groups in total. The molecule has 0 heterocycles. The number of phenols is 1. The van der Waals surface area contributed by atoms with Crippen molar-refractivity contribution in [2.75, 3.05) is 26.2 Å². The molecular weight excluding hydrogens is 743 g/mol. The predicted molar refractivity (Wildman–Crippen MR) is 176 cm³/mol. The first kappa shape index (κ1) is 45.8. The average Bonchev–Trinajstić information content (AvgIpc) is 3.04. The molecule has 0 aromatic heterocycles. The van der Waals surface area contributed by atoms with Crippen molar-refractivity contribution >= 4 is 41.4 Å². The second-order valence-electron chi connectivity index (χ2n) is 11.9. The van der Waals surface area contributed by atoms with E-state index in [1.165, 1.54) is 19.1 Å². The molecular formula is C31H50N8O10Tc. The third-order valence-corrected chi connectivity index (χ3v) is 7.09. The topological polar surface area (TPSA) is 304 Å². The van der Waals surface area contributed by atoms with Crippen molar-refractivity contribution < 1.29 is 69.0 Å². The number of hydrogen-bond acceptors (Lipinski definition) is 11. The van der Waals surface area contributed by atoms with E-state index in [0.29, 0.717) is 24.9 Å². The SMILES string of the molecule is CC(C)C[C@H](NC(=O)[C@H](CO)NC(=O)CNC(=O)CNC(=O)[C@@H](N)Cc1ccc(O)cc1)C(=O)N[C@@H](C)C(=O)N[C@@H](CCCCN)C(=O)O.[99Tc]. The van der Waals surface area contributed by atoms with E-state index in [1.807, 2.05) is 0 Å². The summed E-state index contributed by atoms with van der Waals surface area (Å²) in [5.74, 6) is -5.91. The summed E-state index contributed by atoms with van der Waals surface area (Å²) in [4.78, 5) is 86.9. The number of hydrogen-bond donors (Lipinski definition) is 11. The normalized spacial score (nSPS) is 13.7. The van der Waals surface area contributed by atoms with Crippen LogP contribution >= 0.6 is 0 Å². The molecule has 281 valence electrons. The number of aliphatic hydroxyl groups excluding tert-OH is 1. The minimum Gasteiger partial charge on any atom is -0.508 e. The second-order valence-corrected chi connectivity index (χ2v) is 11.9. The van der Waals surface area contributed by atoms with Crippen molar-refractivity contribution in [2.45, 2.75) is 83.1 Å². The van der Waals surface area contributed by atoms with Gasteiger partial charge in [0.05, 0.1) is 25.7 Å². The van der Waals surface area contributed by atoms with Gasteiger partial charge in [-0.2, -0.15) is 0 Å². The number of rotatable bonds is 22. The number of amides is 6. The van der Waals surface area contributed by atoms with Gasteiger partial charge in [-0.05, 0) is 69.2 Å². The van der Waals surface area contributed by atoms with Crippen LogP contribution in [-0.2, 0) is 60.1 Å². The van der Waals surface area contributed by atoms with E-state index in [4.69, 9.17) is 11.5 Å². The minimum absolute atomic E-state index is 0. The van der Waals surface area contributed by atoms with Gasteiger partial charge in [0.1, 0.15) is 29.9 Å². The smallest absolute Gasteiger partial charge is 0.326 e. The largest absolute Gasteiger partial charge is 0.508 e. The first-order valence-corrected chi connectivity index (χ1v) is 15.9. The second kappa shape index (κ2) is 24.1. The molecule has 1 radical (unpaired) electrons. The van der Waals surface area contributed by atoms with E-state index in [0.717, 1.165) is 0 Å². The quantitative estimate of drug-likeness (QED) is 0.0515. The number of benzene rings is 1. The van der Waals surface area contributed by atoms with Gasteiger partial charge in [-0.3, -0.25) is 28.8 Å². The van der Waals surface area contributed by atoms with Crippen LogP contribution in [0.25, 0.3) is 0 Å².